The molecule has 1 aromatic carbocycles. The highest BCUT2D eigenvalue weighted by molar-refractivity contribution is 5.16. The van der Waals surface area contributed by atoms with Gasteiger partial charge in [-0.2, -0.15) is 0 Å². The maximum atomic E-state index is 13.2. The third kappa shape index (κ3) is 2.86. The van der Waals surface area contributed by atoms with Gasteiger partial charge in [0.2, 0.25) is 0 Å². The summed E-state index contributed by atoms with van der Waals surface area (Å²) in [4.78, 5) is 5.21. The second kappa shape index (κ2) is 5.69. The Kier molecular flexibility index (Phi) is 3.72. The van der Waals surface area contributed by atoms with Crippen molar-refractivity contribution in [2.45, 2.75) is 38.3 Å². The van der Waals surface area contributed by atoms with E-state index in [1.165, 1.54) is 44.8 Å². The molecule has 114 valence electrons. The Morgan fingerprint density at radius 2 is 1.90 bits per heavy atom. The Labute approximate surface area is 126 Å². The molecule has 2 saturated carbocycles. The van der Waals surface area contributed by atoms with Crippen molar-refractivity contribution in [1.82, 2.24) is 9.80 Å². The predicted molar refractivity (Wildman–Crippen MR) is 82.5 cm³/mol. The second-order valence-electron chi connectivity index (χ2n) is 7.18. The first-order valence-corrected chi connectivity index (χ1v) is 8.49. The van der Waals surface area contributed by atoms with Gasteiger partial charge in [0.25, 0.3) is 0 Å². The van der Waals surface area contributed by atoms with E-state index in [1.54, 1.807) is 6.07 Å². The molecular formula is C18H25FN2. The summed E-state index contributed by atoms with van der Waals surface area (Å²) < 4.78 is 13.2. The molecule has 1 heterocycles. The first-order valence-electron chi connectivity index (χ1n) is 8.49. The highest BCUT2D eigenvalue weighted by atomic mass is 19.1. The quantitative estimate of drug-likeness (QED) is 0.843. The Hall–Kier alpha value is -0.930. The number of fused-ring (bicyclic) bond motifs is 2. The maximum absolute atomic E-state index is 13.2. The third-order valence-corrected chi connectivity index (χ3v) is 5.87. The number of nitrogens with zero attached hydrogens (tertiary/aromatic N) is 2. The normalized spacial score (nSPS) is 33.7. The summed E-state index contributed by atoms with van der Waals surface area (Å²) in [6.45, 7) is 5.55. The lowest BCUT2D eigenvalue weighted by atomic mass is 9.93. The molecule has 0 radical (unpaired) electrons. The van der Waals surface area contributed by atoms with Crippen molar-refractivity contribution in [1.29, 1.82) is 0 Å². The van der Waals surface area contributed by atoms with Crippen LogP contribution in [0.2, 0.25) is 0 Å². The van der Waals surface area contributed by atoms with Crippen LogP contribution < -0.4 is 0 Å². The van der Waals surface area contributed by atoms with Gasteiger partial charge >= 0.3 is 0 Å². The van der Waals surface area contributed by atoms with Crippen LogP contribution in [-0.4, -0.2) is 42.0 Å². The second-order valence-corrected chi connectivity index (χ2v) is 7.18. The van der Waals surface area contributed by atoms with E-state index in [2.05, 4.69) is 9.80 Å². The smallest absolute Gasteiger partial charge is 0.123 e. The fourth-order valence-electron chi connectivity index (χ4n) is 4.80. The van der Waals surface area contributed by atoms with Crippen LogP contribution in [0.4, 0.5) is 4.39 Å². The number of hydrogen-bond donors (Lipinski definition) is 0. The number of hydrogen-bond acceptors (Lipinski definition) is 2. The van der Waals surface area contributed by atoms with E-state index < -0.39 is 0 Å². The third-order valence-electron chi connectivity index (χ3n) is 5.87. The number of halogens is 1. The molecule has 3 heteroatoms. The molecule has 0 N–H and O–H groups in total. The van der Waals surface area contributed by atoms with Crippen molar-refractivity contribution in [2.75, 3.05) is 26.2 Å². The summed E-state index contributed by atoms with van der Waals surface area (Å²) in [5.74, 6) is 1.91. The molecule has 1 aromatic rings. The SMILES string of the molecule is Fc1cccc(CN2CCN(C3CC4CCC3C4)CC2)c1. The molecule has 0 aromatic heterocycles. The molecule has 0 spiro atoms. The monoisotopic (exact) mass is 288 g/mol. The molecule has 2 bridgehead atoms. The van der Waals surface area contributed by atoms with Crippen LogP contribution in [0, 0.1) is 17.7 Å². The van der Waals surface area contributed by atoms with Crippen LogP contribution in [0.5, 0.6) is 0 Å². The summed E-state index contributed by atoms with van der Waals surface area (Å²) in [6, 6.07) is 7.92. The van der Waals surface area contributed by atoms with Gasteiger partial charge in [-0.05, 0) is 48.8 Å². The minimum Gasteiger partial charge on any atom is -0.298 e. The van der Waals surface area contributed by atoms with Gasteiger partial charge in [0.15, 0.2) is 0 Å². The van der Waals surface area contributed by atoms with E-state index in [0.717, 1.165) is 43.1 Å². The molecule has 3 atom stereocenters. The fourth-order valence-corrected chi connectivity index (χ4v) is 4.80. The van der Waals surface area contributed by atoms with Crippen LogP contribution >= 0.6 is 0 Å². The van der Waals surface area contributed by atoms with Gasteiger partial charge < -0.3 is 0 Å². The molecule has 1 saturated heterocycles. The number of benzene rings is 1. The van der Waals surface area contributed by atoms with Gasteiger partial charge in [-0.1, -0.05) is 18.6 Å². The van der Waals surface area contributed by atoms with E-state index in [1.807, 2.05) is 12.1 Å². The van der Waals surface area contributed by atoms with Crippen molar-refractivity contribution in [3.8, 4) is 0 Å². The van der Waals surface area contributed by atoms with Gasteiger partial charge in [-0.15, -0.1) is 0 Å². The largest absolute Gasteiger partial charge is 0.298 e. The van der Waals surface area contributed by atoms with E-state index in [9.17, 15) is 4.39 Å². The van der Waals surface area contributed by atoms with Crippen LogP contribution in [0.3, 0.4) is 0 Å². The molecule has 3 aliphatic rings. The molecule has 2 aliphatic carbocycles. The Balaban J connectivity index is 1.31. The predicted octanol–water partition coefficient (Wildman–Crippen LogP) is 3.13. The van der Waals surface area contributed by atoms with Crippen molar-refractivity contribution < 1.29 is 4.39 Å². The fraction of sp³-hybridized carbons (Fsp3) is 0.667. The lowest BCUT2D eigenvalue weighted by molar-refractivity contribution is 0.0679. The van der Waals surface area contributed by atoms with Gasteiger partial charge in [-0.3, -0.25) is 9.80 Å². The topological polar surface area (TPSA) is 6.48 Å². The molecular weight excluding hydrogens is 263 g/mol. The minimum atomic E-state index is -0.117. The molecule has 3 unspecified atom stereocenters. The lowest BCUT2D eigenvalue weighted by Gasteiger charge is -2.41. The van der Waals surface area contributed by atoms with Crippen molar-refractivity contribution in [3.63, 3.8) is 0 Å². The summed E-state index contributed by atoms with van der Waals surface area (Å²) in [6.07, 6.45) is 5.91. The first-order chi connectivity index (χ1) is 10.3. The zero-order valence-electron chi connectivity index (χ0n) is 12.7. The summed E-state index contributed by atoms with van der Waals surface area (Å²) >= 11 is 0. The molecule has 1 aliphatic heterocycles. The molecule has 4 rings (SSSR count). The highest BCUT2D eigenvalue weighted by Crippen LogP contribution is 2.46. The molecule has 0 amide bonds. The van der Waals surface area contributed by atoms with Gasteiger partial charge in [0.1, 0.15) is 5.82 Å². The standard InChI is InChI=1S/C18H25FN2/c19-17-3-1-2-15(11-17)13-20-6-8-21(9-7-20)18-12-14-4-5-16(18)10-14/h1-3,11,14,16,18H,4-10,12-13H2. The summed E-state index contributed by atoms with van der Waals surface area (Å²) in [5, 5.41) is 0. The van der Waals surface area contributed by atoms with Gasteiger partial charge in [0, 0.05) is 38.8 Å². The Morgan fingerprint density at radius 1 is 1.05 bits per heavy atom. The highest BCUT2D eigenvalue weighted by Gasteiger charge is 2.42. The number of rotatable bonds is 3. The molecule has 21 heavy (non-hydrogen) atoms. The average molecular weight is 288 g/mol. The van der Waals surface area contributed by atoms with E-state index >= 15 is 0 Å². The molecule has 3 fully saturated rings. The first kappa shape index (κ1) is 13.7. The van der Waals surface area contributed by atoms with E-state index in [-0.39, 0.29) is 5.82 Å². The van der Waals surface area contributed by atoms with Gasteiger partial charge in [-0.25, -0.2) is 4.39 Å². The van der Waals surface area contributed by atoms with Crippen LogP contribution in [0.25, 0.3) is 0 Å². The zero-order valence-corrected chi connectivity index (χ0v) is 12.7. The average Bonchev–Trinajstić information content (AvgIpc) is 3.11. The Bertz CT molecular complexity index is 496. The van der Waals surface area contributed by atoms with Crippen molar-refractivity contribution >= 4 is 0 Å². The van der Waals surface area contributed by atoms with E-state index in [0.29, 0.717) is 0 Å². The summed E-state index contributed by atoms with van der Waals surface area (Å²) in [5.41, 5.74) is 1.10. The lowest BCUT2D eigenvalue weighted by Crippen LogP contribution is -2.51. The van der Waals surface area contributed by atoms with Gasteiger partial charge in [0.05, 0.1) is 0 Å². The zero-order chi connectivity index (χ0) is 14.2. The van der Waals surface area contributed by atoms with Crippen molar-refractivity contribution in [3.05, 3.63) is 35.6 Å². The summed E-state index contributed by atoms with van der Waals surface area (Å²) in [7, 11) is 0. The van der Waals surface area contributed by atoms with Crippen LogP contribution in [-0.2, 0) is 6.54 Å². The van der Waals surface area contributed by atoms with Crippen LogP contribution in [0.1, 0.15) is 31.2 Å². The maximum Gasteiger partial charge on any atom is 0.123 e. The number of piperazine rings is 1. The van der Waals surface area contributed by atoms with Crippen molar-refractivity contribution in [2.24, 2.45) is 11.8 Å². The Morgan fingerprint density at radius 3 is 2.57 bits per heavy atom. The molecule has 2 nitrogen and oxygen atoms in total. The van der Waals surface area contributed by atoms with Crippen LogP contribution in [0.15, 0.2) is 24.3 Å². The minimum absolute atomic E-state index is 0.117. The van der Waals surface area contributed by atoms with E-state index in [4.69, 9.17) is 0 Å².